The molecule has 6 heteroatoms. The Balaban J connectivity index is 1.54. The fourth-order valence-electron chi connectivity index (χ4n) is 4.87. The van der Waals surface area contributed by atoms with Crippen LogP contribution in [0.15, 0.2) is 41.2 Å². The summed E-state index contributed by atoms with van der Waals surface area (Å²) >= 11 is 6.63. The van der Waals surface area contributed by atoms with Gasteiger partial charge in [0.15, 0.2) is 0 Å². The molecule has 1 aromatic carbocycles. The largest absolute Gasteiger partial charge is 0.492 e. The smallest absolute Gasteiger partial charge is 0.251 e. The Hall–Kier alpha value is -2.08. The number of aliphatic hydroxyl groups excluding tert-OH is 1. The van der Waals surface area contributed by atoms with Gasteiger partial charge in [0, 0.05) is 23.4 Å². The van der Waals surface area contributed by atoms with Gasteiger partial charge in [-0.25, -0.2) is 0 Å². The second-order valence-corrected chi connectivity index (χ2v) is 10.0. The molecule has 0 amide bonds. The summed E-state index contributed by atoms with van der Waals surface area (Å²) in [5.74, 6) is 1.35. The molecule has 0 spiro atoms. The lowest BCUT2D eigenvalue weighted by molar-refractivity contribution is 0.180. The number of H-pyrrole nitrogens is 1. The third-order valence-corrected chi connectivity index (χ3v) is 7.40. The van der Waals surface area contributed by atoms with E-state index in [1.807, 2.05) is 30.3 Å². The Kier molecular flexibility index (Phi) is 8.51. The van der Waals surface area contributed by atoms with E-state index in [1.165, 1.54) is 0 Å². The molecule has 2 fully saturated rings. The van der Waals surface area contributed by atoms with E-state index in [0.29, 0.717) is 23.3 Å². The van der Waals surface area contributed by atoms with Crippen molar-refractivity contribution in [3.63, 3.8) is 0 Å². The SMILES string of the molecule is CCN(CC)CCCOc1ccc(C(=C[C@H]2CCC(O)C2)c2ccc(C3CC3)c(=O)[nH]2)cc1Cl. The van der Waals surface area contributed by atoms with Gasteiger partial charge in [0.25, 0.3) is 5.56 Å². The lowest BCUT2D eigenvalue weighted by atomic mass is 9.95. The molecule has 184 valence electrons. The summed E-state index contributed by atoms with van der Waals surface area (Å²) in [6.07, 6.45) is 7.57. The molecule has 0 aliphatic heterocycles. The first-order valence-electron chi connectivity index (χ1n) is 12.8. The molecule has 2 atom stereocenters. The predicted octanol–water partition coefficient (Wildman–Crippen LogP) is 5.61. The van der Waals surface area contributed by atoms with Crippen molar-refractivity contribution in [2.45, 2.75) is 64.4 Å². The van der Waals surface area contributed by atoms with Crippen LogP contribution in [0.5, 0.6) is 5.75 Å². The van der Waals surface area contributed by atoms with Gasteiger partial charge in [-0.05, 0) is 87.2 Å². The lowest BCUT2D eigenvalue weighted by Crippen LogP contribution is -2.25. The van der Waals surface area contributed by atoms with E-state index in [-0.39, 0.29) is 17.6 Å². The molecule has 1 aromatic heterocycles. The summed E-state index contributed by atoms with van der Waals surface area (Å²) in [4.78, 5) is 18.2. The number of pyridine rings is 1. The number of nitrogens with zero attached hydrogens (tertiary/aromatic N) is 1. The molecule has 5 nitrogen and oxygen atoms in total. The van der Waals surface area contributed by atoms with Gasteiger partial charge < -0.3 is 19.7 Å². The number of allylic oxidation sites excluding steroid dienone is 1. The van der Waals surface area contributed by atoms with Crippen molar-refractivity contribution < 1.29 is 9.84 Å². The molecular weight excluding hydrogens is 448 g/mol. The summed E-state index contributed by atoms with van der Waals surface area (Å²) in [6, 6.07) is 9.83. The van der Waals surface area contributed by atoms with Crippen LogP contribution in [-0.4, -0.2) is 47.3 Å². The third-order valence-electron chi connectivity index (χ3n) is 7.11. The Morgan fingerprint density at radius 2 is 1.97 bits per heavy atom. The van der Waals surface area contributed by atoms with Gasteiger partial charge in [-0.3, -0.25) is 4.79 Å². The zero-order valence-corrected chi connectivity index (χ0v) is 21.1. The van der Waals surface area contributed by atoms with Crippen LogP contribution < -0.4 is 10.3 Å². The number of aromatic nitrogens is 1. The molecule has 2 N–H and O–H groups in total. The van der Waals surface area contributed by atoms with Crippen molar-refractivity contribution in [1.29, 1.82) is 0 Å². The van der Waals surface area contributed by atoms with E-state index in [1.54, 1.807) is 0 Å². The molecule has 2 aromatic rings. The second kappa shape index (κ2) is 11.6. The number of aromatic amines is 1. The van der Waals surface area contributed by atoms with Crippen molar-refractivity contribution in [2.75, 3.05) is 26.2 Å². The minimum Gasteiger partial charge on any atom is -0.492 e. The normalized spacial score (nSPS) is 20.8. The van der Waals surface area contributed by atoms with Crippen LogP contribution in [0.3, 0.4) is 0 Å². The highest BCUT2D eigenvalue weighted by atomic mass is 35.5. The summed E-state index contributed by atoms with van der Waals surface area (Å²) in [5.41, 5.74) is 3.56. The molecule has 34 heavy (non-hydrogen) atoms. The monoisotopic (exact) mass is 484 g/mol. The van der Waals surface area contributed by atoms with Crippen LogP contribution in [0, 0.1) is 5.92 Å². The van der Waals surface area contributed by atoms with E-state index in [0.717, 1.165) is 80.6 Å². The van der Waals surface area contributed by atoms with Crippen LogP contribution in [0.25, 0.3) is 5.57 Å². The summed E-state index contributed by atoms with van der Waals surface area (Å²) in [5, 5.41) is 10.6. The van der Waals surface area contributed by atoms with E-state index in [4.69, 9.17) is 16.3 Å². The van der Waals surface area contributed by atoms with Crippen LogP contribution in [0.1, 0.15) is 75.1 Å². The van der Waals surface area contributed by atoms with Crippen LogP contribution >= 0.6 is 11.6 Å². The first-order valence-corrected chi connectivity index (χ1v) is 13.1. The topological polar surface area (TPSA) is 65.6 Å². The molecular formula is C28H37ClN2O3. The maximum absolute atomic E-state index is 12.7. The fourth-order valence-corrected chi connectivity index (χ4v) is 5.11. The van der Waals surface area contributed by atoms with Crippen molar-refractivity contribution in [3.8, 4) is 5.75 Å². The molecule has 4 rings (SSSR count). The zero-order valence-electron chi connectivity index (χ0n) is 20.4. The molecule has 1 unspecified atom stereocenters. The molecule has 0 radical (unpaired) electrons. The van der Waals surface area contributed by atoms with Gasteiger partial charge in [-0.15, -0.1) is 0 Å². The average Bonchev–Trinajstić information content (AvgIpc) is 3.59. The number of hydrogen-bond donors (Lipinski definition) is 2. The Morgan fingerprint density at radius 1 is 1.18 bits per heavy atom. The minimum atomic E-state index is -0.255. The molecule has 2 saturated carbocycles. The molecule has 0 bridgehead atoms. The van der Waals surface area contributed by atoms with Crippen molar-refractivity contribution >= 4 is 17.2 Å². The van der Waals surface area contributed by atoms with Crippen LogP contribution in [0.2, 0.25) is 5.02 Å². The average molecular weight is 485 g/mol. The van der Waals surface area contributed by atoms with Gasteiger partial charge in [-0.2, -0.15) is 0 Å². The van der Waals surface area contributed by atoms with E-state index in [2.05, 4.69) is 29.8 Å². The first kappa shape index (κ1) is 25.0. The summed E-state index contributed by atoms with van der Waals surface area (Å²) in [6.45, 7) is 8.06. The van der Waals surface area contributed by atoms with E-state index < -0.39 is 0 Å². The molecule has 2 aliphatic carbocycles. The number of aliphatic hydroxyl groups is 1. The molecule has 1 heterocycles. The van der Waals surface area contributed by atoms with E-state index in [9.17, 15) is 9.90 Å². The van der Waals surface area contributed by atoms with Crippen LogP contribution in [0.4, 0.5) is 0 Å². The minimum absolute atomic E-state index is 0.00314. The maximum Gasteiger partial charge on any atom is 0.251 e. The quantitative estimate of drug-likeness (QED) is 0.407. The standard InChI is InChI=1S/C28H37ClN2O3/c1-3-31(4-2)14-5-15-34-27-13-9-21(18-25(27)29)24(17-19-6-10-22(32)16-19)26-12-11-23(20-7-8-20)28(33)30-26/h9,11-13,17-20,22,32H,3-8,10,14-16H2,1-2H3,(H,30,33)/t19-,22?/m0/s1. The number of halogens is 1. The third kappa shape index (κ3) is 6.32. The number of rotatable bonds is 11. The summed E-state index contributed by atoms with van der Waals surface area (Å²) < 4.78 is 5.96. The second-order valence-electron chi connectivity index (χ2n) is 9.61. The highest BCUT2D eigenvalue weighted by Gasteiger charge is 2.27. The number of benzene rings is 1. The number of ether oxygens (including phenoxy) is 1. The Bertz CT molecular complexity index is 1060. The zero-order chi connectivity index (χ0) is 24.1. The number of hydrogen-bond acceptors (Lipinski definition) is 4. The van der Waals surface area contributed by atoms with Crippen molar-refractivity contribution in [1.82, 2.24) is 9.88 Å². The first-order chi connectivity index (χ1) is 16.5. The molecule has 2 aliphatic rings. The predicted molar refractivity (Wildman–Crippen MR) is 139 cm³/mol. The maximum atomic E-state index is 12.7. The summed E-state index contributed by atoms with van der Waals surface area (Å²) in [7, 11) is 0. The van der Waals surface area contributed by atoms with Gasteiger partial charge in [-0.1, -0.05) is 43.7 Å². The van der Waals surface area contributed by atoms with Crippen LogP contribution in [-0.2, 0) is 0 Å². The van der Waals surface area contributed by atoms with E-state index >= 15 is 0 Å². The Labute approximate surface area is 207 Å². The van der Waals surface area contributed by atoms with Gasteiger partial charge in [0.1, 0.15) is 5.75 Å². The highest BCUT2D eigenvalue weighted by molar-refractivity contribution is 6.32. The van der Waals surface area contributed by atoms with Crippen molar-refractivity contribution in [2.24, 2.45) is 5.92 Å². The Morgan fingerprint density at radius 3 is 2.59 bits per heavy atom. The van der Waals surface area contributed by atoms with Crippen molar-refractivity contribution in [3.05, 3.63) is 68.6 Å². The molecule has 0 saturated heterocycles. The van der Waals surface area contributed by atoms with Gasteiger partial charge >= 0.3 is 0 Å². The fraction of sp³-hybridized carbons (Fsp3) is 0.536. The van der Waals surface area contributed by atoms with Gasteiger partial charge in [0.2, 0.25) is 0 Å². The highest BCUT2D eigenvalue weighted by Crippen LogP contribution is 2.39. The lowest BCUT2D eigenvalue weighted by Gasteiger charge is -2.18. The van der Waals surface area contributed by atoms with Gasteiger partial charge in [0.05, 0.1) is 17.7 Å². The number of nitrogens with one attached hydrogen (secondary N) is 1.